The Labute approximate surface area is 220 Å². The summed E-state index contributed by atoms with van der Waals surface area (Å²) < 4.78 is 13.2. The van der Waals surface area contributed by atoms with Crippen LogP contribution >= 0.6 is 11.3 Å². The molecule has 3 aromatic rings. The Bertz CT molecular complexity index is 1560. The number of anilines is 1. The van der Waals surface area contributed by atoms with Crippen LogP contribution in [0.4, 0.5) is 5.69 Å². The number of aryl methyl sites for hydroxylation is 1. The van der Waals surface area contributed by atoms with Gasteiger partial charge in [0.2, 0.25) is 0 Å². The summed E-state index contributed by atoms with van der Waals surface area (Å²) in [5.74, 6) is 0.106. The third-order valence-corrected chi connectivity index (χ3v) is 7.94. The van der Waals surface area contributed by atoms with E-state index < -0.39 is 12.0 Å². The van der Waals surface area contributed by atoms with E-state index in [9.17, 15) is 9.59 Å². The molecular weight excluding hydrogens is 486 g/mol. The highest BCUT2D eigenvalue weighted by Crippen LogP contribution is 2.35. The molecule has 1 saturated heterocycles. The minimum Gasteiger partial charge on any atom is -0.496 e. The van der Waals surface area contributed by atoms with Gasteiger partial charge in [0.25, 0.3) is 5.56 Å². The second-order valence-electron chi connectivity index (χ2n) is 9.28. The van der Waals surface area contributed by atoms with Crippen molar-refractivity contribution in [3.05, 3.63) is 90.1 Å². The highest BCUT2D eigenvalue weighted by molar-refractivity contribution is 7.07. The Hall–Kier alpha value is -3.65. The van der Waals surface area contributed by atoms with E-state index in [0.29, 0.717) is 31.9 Å². The van der Waals surface area contributed by atoms with Crippen LogP contribution in [0.5, 0.6) is 5.75 Å². The van der Waals surface area contributed by atoms with E-state index in [0.717, 1.165) is 24.2 Å². The number of thiazole rings is 1. The van der Waals surface area contributed by atoms with Gasteiger partial charge in [-0.15, -0.1) is 0 Å². The Morgan fingerprint density at radius 3 is 2.62 bits per heavy atom. The molecule has 2 aromatic carbocycles. The minimum absolute atomic E-state index is 0.197. The van der Waals surface area contributed by atoms with Crippen molar-refractivity contribution in [2.24, 2.45) is 4.99 Å². The average molecular weight is 518 g/mol. The van der Waals surface area contributed by atoms with Crippen LogP contribution in [0.25, 0.3) is 6.08 Å². The summed E-state index contributed by atoms with van der Waals surface area (Å²) in [6, 6.07) is 13.1. The summed E-state index contributed by atoms with van der Waals surface area (Å²) in [6.45, 7) is 8.02. The van der Waals surface area contributed by atoms with Gasteiger partial charge in [0.15, 0.2) is 4.80 Å². The maximum absolute atomic E-state index is 13.9. The summed E-state index contributed by atoms with van der Waals surface area (Å²) in [5.41, 5.74) is 4.71. The van der Waals surface area contributed by atoms with Gasteiger partial charge in [-0.25, -0.2) is 9.79 Å². The molecule has 0 spiro atoms. The fourth-order valence-electron chi connectivity index (χ4n) is 5.11. The maximum Gasteiger partial charge on any atom is 0.338 e. The first-order valence-corrected chi connectivity index (χ1v) is 13.4. The van der Waals surface area contributed by atoms with Crippen molar-refractivity contribution in [1.82, 2.24) is 4.57 Å². The molecule has 192 valence electrons. The number of hydrogen-bond donors (Lipinski definition) is 0. The van der Waals surface area contributed by atoms with Gasteiger partial charge in [-0.05, 0) is 69.0 Å². The number of esters is 1. The first-order chi connectivity index (χ1) is 17.9. The number of hydrogen-bond acceptors (Lipinski definition) is 7. The number of ether oxygens (including phenoxy) is 2. The van der Waals surface area contributed by atoms with E-state index in [1.807, 2.05) is 30.3 Å². The molecule has 7 nitrogen and oxygen atoms in total. The molecule has 1 fully saturated rings. The van der Waals surface area contributed by atoms with E-state index in [1.165, 1.54) is 29.9 Å². The molecule has 0 amide bonds. The van der Waals surface area contributed by atoms with Crippen LogP contribution in [0.1, 0.15) is 49.4 Å². The molecule has 0 bridgehead atoms. The molecule has 5 rings (SSSR count). The van der Waals surface area contributed by atoms with Crippen molar-refractivity contribution in [3.8, 4) is 5.75 Å². The smallest absolute Gasteiger partial charge is 0.338 e. The lowest BCUT2D eigenvalue weighted by Gasteiger charge is -2.25. The number of rotatable bonds is 6. The summed E-state index contributed by atoms with van der Waals surface area (Å²) in [7, 11) is 1.58. The van der Waals surface area contributed by atoms with Crippen LogP contribution in [0, 0.1) is 6.92 Å². The van der Waals surface area contributed by atoms with Crippen molar-refractivity contribution in [3.63, 3.8) is 0 Å². The zero-order chi connectivity index (χ0) is 26.1. The van der Waals surface area contributed by atoms with Crippen molar-refractivity contribution in [1.29, 1.82) is 0 Å². The number of nitrogens with zero attached hydrogens (tertiary/aromatic N) is 3. The number of aromatic nitrogens is 1. The van der Waals surface area contributed by atoms with Gasteiger partial charge in [-0.3, -0.25) is 9.36 Å². The zero-order valence-electron chi connectivity index (χ0n) is 21.6. The third kappa shape index (κ3) is 4.62. The molecule has 0 aliphatic carbocycles. The van der Waals surface area contributed by atoms with Gasteiger partial charge in [0, 0.05) is 24.3 Å². The molecule has 0 saturated carbocycles. The highest BCUT2D eigenvalue weighted by atomic mass is 32.1. The lowest BCUT2D eigenvalue weighted by molar-refractivity contribution is -0.139. The lowest BCUT2D eigenvalue weighted by Crippen LogP contribution is -2.40. The van der Waals surface area contributed by atoms with Gasteiger partial charge in [0.1, 0.15) is 11.8 Å². The fourth-order valence-corrected chi connectivity index (χ4v) is 6.15. The van der Waals surface area contributed by atoms with Crippen LogP contribution in [-0.2, 0) is 9.53 Å². The number of carbonyl (C=O) groups is 1. The Kier molecular flexibility index (Phi) is 7.02. The molecule has 0 N–H and O–H groups in total. The SMILES string of the molecule is CCOC(=O)C1=C(C)N=c2s/c(=C/c3ccc(N4CCCC4)cc3C)c(=O)n2[C@@H]1c1ccccc1OC. The molecular formula is C29H31N3O4S. The summed E-state index contributed by atoms with van der Waals surface area (Å²) in [6.07, 6.45) is 4.38. The average Bonchev–Trinajstić information content (AvgIpc) is 3.53. The van der Waals surface area contributed by atoms with E-state index >= 15 is 0 Å². The third-order valence-electron chi connectivity index (χ3n) is 6.96. The predicted molar refractivity (Wildman–Crippen MR) is 146 cm³/mol. The van der Waals surface area contributed by atoms with Crippen molar-refractivity contribution < 1.29 is 14.3 Å². The molecule has 2 aliphatic rings. The van der Waals surface area contributed by atoms with Crippen molar-refractivity contribution >= 4 is 29.1 Å². The molecule has 0 radical (unpaired) electrons. The summed E-state index contributed by atoms with van der Waals surface area (Å²) >= 11 is 1.33. The number of allylic oxidation sites excluding steroid dienone is 1. The number of methoxy groups -OCH3 is 1. The van der Waals surface area contributed by atoms with Crippen LogP contribution in [0.3, 0.4) is 0 Å². The quantitative estimate of drug-likeness (QED) is 0.466. The van der Waals surface area contributed by atoms with Crippen LogP contribution in [0.2, 0.25) is 0 Å². The zero-order valence-corrected chi connectivity index (χ0v) is 22.4. The predicted octanol–water partition coefficient (Wildman–Crippen LogP) is 3.72. The van der Waals surface area contributed by atoms with Crippen LogP contribution in [-0.4, -0.2) is 37.3 Å². The molecule has 2 aliphatic heterocycles. The molecule has 1 atom stereocenters. The molecule has 8 heteroatoms. The first-order valence-electron chi connectivity index (χ1n) is 12.6. The van der Waals surface area contributed by atoms with Gasteiger partial charge in [-0.2, -0.15) is 0 Å². The minimum atomic E-state index is -0.702. The van der Waals surface area contributed by atoms with Crippen LogP contribution < -0.4 is 24.5 Å². The standard InChI is InChI=1S/C29H31N3O4S/c1-5-36-28(34)25-19(3)30-29-32(26(25)22-10-6-7-11-23(22)35-4)27(33)24(37-29)17-20-12-13-21(16-18(20)2)31-14-8-9-15-31/h6-7,10-13,16-17,26H,5,8-9,14-15H2,1-4H3/b24-17+/t26-/m1/s1. The number of carbonyl (C=O) groups excluding carboxylic acids is 1. The maximum atomic E-state index is 13.9. The van der Waals surface area contributed by atoms with Gasteiger partial charge >= 0.3 is 5.97 Å². The normalized spacial score (nSPS) is 17.6. The number of fused-ring (bicyclic) bond motifs is 1. The monoisotopic (exact) mass is 517 g/mol. The topological polar surface area (TPSA) is 73.1 Å². The van der Waals surface area contributed by atoms with E-state index in [1.54, 1.807) is 25.5 Å². The lowest BCUT2D eigenvalue weighted by atomic mass is 9.95. The Balaban J connectivity index is 1.66. The van der Waals surface area contributed by atoms with Gasteiger partial charge in [-0.1, -0.05) is 35.6 Å². The summed E-state index contributed by atoms with van der Waals surface area (Å²) in [4.78, 5) is 34.6. The fraction of sp³-hybridized carbons (Fsp3) is 0.345. The van der Waals surface area contributed by atoms with Crippen molar-refractivity contribution in [2.75, 3.05) is 31.7 Å². The second kappa shape index (κ2) is 10.4. The van der Waals surface area contributed by atoms with Crippen LogP contribution in [0.15, 0.2) is 63.5 Å². The van der Waals surface area contributed by atoms with Gasteiger partial charge in [0.05, 0.1) is 29.5 Å². The van der Waals surface area contributed by atoms with Crippen molar-refractivity contribution in [2.45, 2.75) is 39.7 Å². The Morgan fingerprint density at radius 2 is 1.92 bits per heavy atom. The van der Waals surface area contributed by atoms with E-state index in [2.05, 4.69) is 35.0 Å². The second-order valence-corrected chi connectivity index (χ2v) is 10.3. The molecule has 0 unspecified atom stereocenters. The molecule has 1 aromatic heterocycles. The highest BCUT2D eigenvalue weighted by Gasteiger charge is 2.35. The summed E-state index contributed by atoms with van der Waals surface area (Å²) in [5, 5.41) is 0. The molecule has 3 heterocycles. The van der Waals surface area contributed by atoms with E-state index in [4.69, 9.17) is 9.47 Å². The molecule has 37 heavy (non-hydrogen) atoms. The first kappa shape index (κ1) is 25.0. The Morgan fingerprint density at radius 1 is 1.16 bits per heavy atom. The van der Waals surface area contributed by atoms with E-state index in [-0.39, 0.29) is 12.2 Å². The largest absolute Gasteiger partial charge is 0.496 e. The number of para-hydroxylation sites is 1. The number of benzene rings is 2. The van der Waals surface area contributed by atoms with Gasteiger partial charge < -0.3 is 14.4 Å².